The number of nitrogens with zero attached hydrogens (tertiary/aromatic N) is 4. The maximum Gasteiger partial charge on any atom is 0.253 e. The third kappa shape index (κ3) is 5.38. The van der Waals surface area contributed by atoms with Gasteiger partial charge >= 0.3 is 0 Å². The molecule has 1 amide bonds. The van der Waals surface area contributed by atoms with Crippen LogP contribution in [0.15, 0.2) is 42.6 Å². The highest BCUT2D eigenvalue weighted by molar-refractivity contribution is 5.94. The Morgan fingerprint density at radius 1 is 1.21 bits per heavy atom. The number of carbonyl (C=O) groups is 1. The lowest BCUT2D eigenvalue weighted by molar-refractivity contribution is 0.0369. The fraction of sp³-hybridized carbons (Fsp3) is 0.409. The molecular weight excluding hydrogens is 352 g/mol. The average molecular weight is 378 g/mol. The zero-order valence-electron chi connectivity index (χ0n) is 16.3. The number of hydrogen-bond donors (Lipinski definition) is 0. The molecule has 1 saturated heterocycles. The van der Waals surface area contributed by atoms with Gasteiger partial charge in [-0.05, 0) is 43.7 Å². The van der Waals surface area contributed by atoms with Crippen LogP contribution in [0.3, 0.4) is 0 Å². The Bertz CT molecular complexity index is 823. The number of carbonyl (C=O) groups excluding carboxylic acids is 1. The third-order valence-corrected chi connectivity index (χ3v) is 4.98. The first-order valence-corrected chi connectivity index (χ1v) is 9.69. The molecule has 0 aliphatic carbocycles. The van der Waals surface area contributed by atoms with E-state index in [0.29, 0.717) is 11.1 Å². The molecule has 1 aliphatic heterocycles. The molecule has 1 aliphatic rings. The Hall–Kier alpha value is -2.75. The van der Waals surface area contributed by atoms with Gasteiger partial charge in [0, 0.05) is 44.0 Å². The summed E-state index contributed by atoms with van der Waals surface area (Å²) in [5.41, 5.74) is 2.86. The monoisotopic (exact) mass is 378 g/mol. The van der Waals surface area contributed by atoms with Crippen molar-refractivity contribution in [1.29, 1.82) is 5.26 Å². The Kier molecular flexibility index (Phi) is 7.12. The largest absolute Gasteiger partial charge is 0.379 e. The first-order valence-electron chi connectivity index (χ1n) is 9.69. The van der Waals surface area contributed by atoms with E-state index in [1.807, 2.05) is 31.3 Å². The Balaban J connectivity index is 1.49. The summed E-state index contributed by atoms with van der Waals surface area (Å²) in [6, 6.07) is 12.9. The minimum Gasteiger partial charge on any atom is -0.379 e. The Morgan fingerprint density at radius 3 is 2.68 bits per heavy atom. The van der Waals surface area contributed by atoms with Gasteiger partial charge in [0.25, 0.3) is 5.91 Å². The fourth-order valence-corrected chi connectivity index (χ4v) is 3.27. The minimum atomic E-state index is 0.0247. The predicted octanol–water partition coefficient (Wildman–Crippen LogP) is 2.80. The fourth-order valence-electron chi connectivity index (χ4n) is 3.27. The van der Waals surface area contributed by atoms with E-state index in [0.717, 1.165) is 63.5 Å². The molecule has 2 heterocycles. The van der Waals surface area contributed by atoms with Crippen LogP contribution in [0.1, 0.15) is 28.8 Å². The van der Waals surface area contributed by atoms with Crippen molar-refractivity contribution < 1.29 is 9.53 Å². The maximum absolute atomic E-state index is 12.6. The lowest BCUT2D eigenvalue weighted by atomic mass is 10.1. The molecule has 0 atom stereocenters. The topological polar surface area (TPSA) is 69.5 Å². The smallest absolute Gasteiger partial charge is 0.253 e. The molecule has 1 aromatic heterocycles. The normalized spacial score (nSPS) is 14.4. The van der Waals surface area contributed by atoms with E-state index in [1.165, 1.54) is 0 Å². The number of unbranched alkanes of at least 4 members (excludes halogenated alkanes) is 1. The highest BCUT2D eigenvalue weighted by Gasteiger charge is 2.13. The van der Waals surface area contributed by atoms with Gasteiger partial charge < -0.3 is 9.64 Å². The first kappa shape index (κ1) is 20.0. The number of ether oxygens (including phenoxy) is 1. The molecule has 0 bridgehead atoms. The molecule has 146 valence electrons. The lowest BCUT2D eigenvalue weighted by Gasteiger charge is -2.26. The van der Waals surface area contributed by atoms with E-state index >= 15 is 0 Å². The lowest BCUT2D eigenvalue weighted by Crippen LogP contribution is -2.37. The molecule has 2 aromatic rings. The predicted molar refractivity (Wildman–Crippen MR) is 108 cm³/mol. The zero-order chi connectivity index (χ0) is 19.8. The first-order chi connectivity index (χ1) is 13.7. The van der Waals surface area contributed by atoms with Crippen molar-refractivity contribution in [3.05, 3.63) is 53.7 Å². The van der Waals surface area contributed by atoms with Crippen LogP contribution >= 0.6 is 0 Å². The van der Waals surface area contributed by atoms with Crippen molar-refractivity contribution in [2.45, 2.75) is 12.8 Å². The van der Waals surface area contributed by atoms with Gasteiger partial charge in [-0.25, -0.2) is 0 Å². The number of pyridine rings is 1. The molecule has 0 unspecified atom stereocenters. The van der Waals surface area contributed by atoms with Crippen molar-refractivity contribution in [2.24, 2.45) is 0 Å². The van der Waals surface area contributed by atoms with Gasteiger partial charge in [-0.2, -0.15) is 5.26 Å². The number of morpholine rings is 1. The van der Waals surface area contributed by atoms with Crippen molar-refractivity contribution in [3.8, 4) is 17.3 Å². The summed E-state index contributed by atoms with van der Waals surface area (Å²) in [4.78, 5) is 21.1. The van der Waals surface area contributed by atoms with Gasteiger partial charge in [0.2, 0.25) is 0 Å². The summed E-state index contributed by atoms with van der Waals surface area (Å²) in [6.45, 7) is 5.47. The summed E-state index contributed by atoms with van der Waals surface area (Å²) in [6.07, 6.45) is 3.69. The Morgan fingerprint density at radius 2 is 1.96 bits per heavy atom. The highest BCUT2D eigenvalue weighted by atomic mass is 16.5. The Labute approximate surface area is 166 Å². The average Bonchev–Trinajstić information content (AvgIpc) is 2.77. The van der Waals surface area contributed by atoms with Crippen LogP contribution in [0.5, 0.6) is 0 Å². The van der Waals surface area contributed by atoms with Crippen molar-refractivity contribution in [3.63, 3.8) is 0 Å². The molecule has 0 spiro atoms. The molecule has 6 nitrogen and oxygen atoms in total. The van der Waals surface area contributed by atoms with Gasteiger partial charge in [0.15, 0.2) is 0 Å². The quantitative estimate of drug-likeness (QED) is 0.693. The van der Waals surface area contributed by atoms with Gasteiger partial charge in [-0.15, -0.1) is 0 Å². The summed E-state index contributed by atoms with van der Waals surface area (Å²) < 4.78 is 5.36. The van der Waals surface area contributed by atoms with Crippen LogP contribution in [-0.2, 0) is 4.74 Å². The SMILES string of the molecule is CN(CCCCN1CCOCC1)C(=O)c1ccc(-c2cc(C#N)ccn2)cc1. The number of nitriles is 1. The van der Waals surface area contributed by atoms with Crippen LogP contribution in [0, 0.1) is 11.3 Å². The zero-order valence-corrected chi connectivity index (χ0v) is 16.3. The number of aromatic nitrogens is 1. The third-order valence-electron chi connectivity index (χ3n) is 4.98. The van der Waals surface area contributed by atoms with Crippen LogP contribution in [0.2, 0.25) is 0 Å². The van der Waals surface area contributed by atoms with E-state index in [-0.39, 0.29) is 5.91 Å². The second-order valence-corrected chi connectivity index (χ2v) is 7.01. The van der Waals surface area contributed by atoms with Crippen LogP contribution in [0.25, 0.3) is 11.3 Å². The van der Waals surface area contributed by atoms with Gasteiger partial charge in [-0.3, -0.25) is 14.7 Å². The van der Waals surface area contributed by atoms with E-state index in [1.54, 1.807) is 23.2 Å². The molecule has 0 N–H and O–H groups in total. The summed E-state index contributed by atoms with van der Waals surface area (Å²) in [7, 11) is 1.85. The molecular formula is C22H26N4O2. The number of amides is 1. The molecule has 1 aromatic carbocycles. The second-order valence-electron chi connectivity index (χ2n) is 7.01. The van der Waals surface area contributed by atoms with Gasteiger partial charge in [0.1, 0.15) is 0 Å². The molecule has 0 saturated carbocycles. The van der Waals surface area contributed by atoms with E-state index in [4.69, 9.17) is 10.00 Å². The van der Waals surface area contributed by atoms with E-state index in [9.17, 15) is 4.79 Å². The highest BCUT2D eigenvalue weighted by Crippen LogP contribution is 2.19. The summed E-state index contributed by atoms with van der Waals surface area (Å²) >= 11 is 0. The molecule has 0 radical (unpaired) electrons. The van der Waals surface area contributed by atoms with Crippen molar-refractivity contribution in [1.82, 2.24) is 14.8 Å². The summed E-state index contributed by atoms with van der Waals surface area (Å²) in [5.74, 6) is 0.0247. The van der Waals surface area contributed by atoms with Crippen molar-refractivity contribution >= 4 is 5.91 Å². The molecule has 28 heavy (non-hydrogen) atoms. The van der Waals surface area contributed by atoms with Gasteiger partial charge in [0.05, 0.1) is 30.5 Å². The van der Waals surface area contributed by atoms with Crippen LogP contribution in [-0.4, -0.2) is 67.1 Å². The summed E-state index contributed by atoms with van der Waals surface area (Å²) in [5, 5.41) is 9.01. The molecule has 6 heteroatoms. The number of benzene rings is 1. The molecule has 1 fully saturated rings. The second kappa shape index (κ2) is 9.98. The van der Waals surface area contributed by atoms with Crippen LogP contribution < -0.4 is 0 Å². The van der Waals surface area contributed by atoms with Crippen molar-refractivity contribution in [2.75, 3.05) is 46.4 Å². The van der Waals surface area contributed by atoms with E-state index < -0.39 is 0 Å². The number of hydrogen-bond acceptors (Lipinski definition) is 5. The van der Waals surface area contributed by atoms with Crippen LogP contribution in [0.4, 0.5) is 0 Å². The van der Waals surface area contributed by atoms with E-state index in [2.05, 4.69) is 16.0 Å². The minimum absolute atomic E-state index is 0.0247. The van der Waals surface area contributed by atoms with Gasteiger partial charge in [-0.1, -0.05) is 12.1 Å². The maximum atomic E-state index is 12.6. The number of rotatable bonds is 7. The molecule has 3 rings (SSSR count). The standard InChI is InChI=1S/C22H26N4O2/c1-25(10-2-3-11-26-12-14-28-15-13-26)22(27)20-6-4-19(5-7-20)21-16-18(17-23)8-9-24-21/h4-9,16H,2-3,10-15H2,1H3.